The summed E-state index contributed by atoms with van der Waals surface area (Å²) in [5.74, 6) is 1.43. The minimum atomic E-state index is -0.477. The van der Waals surface area contributed by atoms with Crippen LogP contribution in [0.1, 0.15) is 26.2 Å². The van der Waals surface area contributed by atoms with Gasteiger partial charge in [-0.05, 0) is 41.1 Å². The van der Waals surface area contributed by atoms with Crippen molar-refractivity contribution in [1.29, 1.82) is 0 Å². The molecule has 0 radical (unpaired) electrons. The number of rotatable bonds is 4. The van der Waals surface area contributed by atoms with E-state index >= 15 is 0 Å². The molecule has 3 rings (SSSR count). The molecule has 0 saturated heterocycles. The summed E-state index contributed by atoms with van der Waals surface area (Å²) in [7, 11) is 0. The number of fused-ring (bicyclic) bond motifs is 1. The predicted octanol–water partition coefficient (Wildman–Crippen LogP) is 2.98. The number of nitrogens with zero attached hydrogens (tertiary/aromatic N) is 3. The quantitative estimate of drug-likeness (QED) is 0.681. The molecule has 7 heteroatoms. The van der Waals surface area contributed by atoms with Gasteiger partial charge in [-0.15, -0.1) is 0 Å². The van der Waals surface area contributed by atoms with Crippen LogP contribution in [0.2, 0.25) is 0 Å². The van der Waals surface area contributed by atoms with Gasteiger partial charge in [0.1, 0.15) is 0 Å². The highest BCUT2D eigenvalue weighted by molar-refractivity contribution is 5.93. The smallest absolute Gasteiger partial charge is 0.300 e. The third-order valence-electron chi connectivity index (χ3n) is 3.98. The summed E-state index contributed by atoms with van der Waals surface area (Å²) in [5.41, 5.74) is 1.28. The lowest BCUT2D eigenvalue weighted by Gasteiger charge is -2.12. The molecule has 106 valence electrons. The SMILES string of the molecule is CC1CCC(CNc2ccc([N+](=O)[O-])c3nonc23)C1. The maximum absolute atomic E-state index is 10.9. The van der Waals surface area contributed by atoms with E-state index in [-0.39, 0.29) is 11.2 Å². The lowest BCUT2D eigenvalue weighted by Crippen LogP contribution is -2.11. The minimum absolute atomic E-state index is 0.0821. The van der Waals surface area contributed by atoms with Crippen LogP contribution < -0.4 is 5.32 Å². The van der Waals surface area contributed by atoms with Crippen LogP contribution in [0.15, 0.2) is 16.8 Å². The van der Waals surface area contributed by atoms with Gasteiger partial charge in [-0.3, -0.25) is 10.1 Å². The van der Waals surface area contributed by atoms with Crippen molar-refractivity contribution in [3.63, 3.8) is 0 Å². The van der Waals surface area contributed by atoms with Crippen LogP contribution in [0.4, 0.5) is 11.4 Å². The molecule has 2 unspecified atom stereocenters. The van der Waals surface area contributed by atoms with Crippen molar-refractivity contribution >= 4 is 22.4 Å². The zero-order valence-corrected chi connectivity index (χ0v) is 11.2. The molecule has 1 heterocycles. The van der Waals surface area contributed by atoms with Crippen molar-refractivity contribution in [3.8, 4) is 0 Å². The second kappa shape index (κ2) is 5.07. The van der Waals surface area contributed by atoms with Crippen molar-refractivity contribution < 1.29 is 9.55 Å². The van der Waals surface area contributed by atoms with Gasteiger partial charge < -0.3 is 5.32 Å². The molecular weight excluding hydrogens is 260 g/mol. The molecule has 0 spiro atoms. The summed E-state index contributed by atoms with van der Waals surface area (Å²) in [6, 6.07) is 3.11. The lowest BCUT2D eigenvalue weighted by molar-refractivity contribution is -0.383. The van der Waals surface area contributed by atoms with Crippen LogP contribution in [0.5, 0.6) is 0 Å². The number of aromatic nitrogens is 2. The van der Waals surface area contributed by atoms with Crippen LogP contribution >= 0.6 is 0 Å². The van der Waals surface area contributed by atoms with Gasteiger partial charge in [-0.1, -0.05) is 13.3 Å². The van der Waals surface area contributed by atoms with Crippen molar-refractivity contribution in [1.82, 2.24) is 10.3 Å². The van der Waals surface area contributed by atoms with Crippen LogP contribution in [0.3, 0.4) is 0 Å². The molecule has 2 atom stereocenters. The molecule has 0 amide bonds. The summed E-state index contributed by atoms with van der Waals surface area (Å²) in [5, 5.41) is 21.6. The third kappa shape index (κ3) is 2.31. The van der Waals surface area contributed by atoms with Crippen LogP contribution in [-0.2, 0) is 0 Å². The summed E-state index contributed by atoms with van der Waals surface area (Å²) in [4.78, 5) is 10.4. The number of nitro benzene ring substituents is 1. The molecule has 2 aromatic rings. The fraction of sp³-hybridized carbons (Fsp3) is 0.538. The van der Waals surface area contributed by atoms with Crippen LogP contribution in [0, 0.1) is 22.0 Å². The highest BCUT2D eigenvalue weighted by Gasteiger charge is 2.23. The van der Waals surface area contributed by atoms with E-state index in [1.165, 1.54) is 25.3 Å². The maximum atomic E-state index is 10.9. The molecule has 0 aliphatic heterocycles. The molecule has 1 aliphatic carbocycles. The Morgan fingerprint density at radius 3 is 2.90 bits per heavy atom. The van der Waals surface area contributed by atoms with Gasteiger partial charge in [0.2, 0.25) is 5.52 Å². The Morgan fingerprint density at radius 1 is 1.40 bits per heavy atom. The monoisotopic (exact) mass is 276 g/mol. The van der Waals surface area contributed by atoms with Crippen molar-refractivity contribution in [2.24, 2.45) is 11.8 Å². The number of nitro groups is 1. The Bertz CT molecular complexity index is 640. The second-order valence-corrected chi connectivity index (χ2v) is 5.52. The van der Waals surface area contributed by atoms with Gasteiger partial charge in [-0.2, -0.15) is 0 Å². The minimum Gasteiger partial charge on any atom is -0.383 e. The van der Waals surface area contributed by atoms with E-state index in [4.69, 9.17) is 0 Å². The summed E-state index contributed by atoms with van der Waals surface area (Å²) in [6.07, 6.45) is 3.72. The highest BCUT2D eigenvalue weighted by Crippen LogP contribution is 2.32. The summed E-state index contributed by atoms with van der Waals surface area (Å²) >= 11 is 0. The molecule has 1 aliphatic rings. The Hall–Kier alpha value is -2.18. The van der Waals surface area contributed by atoms with E-state index in [0.29, 0.717) is 11.4 Å². The number of hydrogen-bond acceptors (Lipinski definition) is 6. The van der Waals surface area contributed by atoms with Crippen LogP contribution in [0.25, 0.3) is 11.0 Å². The number of nitrogens with one attached hydrogen (secondary N) is 1. The zero-order valence-electron chi connectivity index (χ0n) is 11.2. The fourth-order valence-electron chi connectivity index (χ4n) is 2.91. The molecule has 1 aromatic heterocycles. The topological polar surface area (TPSA) is 94.1 Å². The van der Waals surface area contributed by atoms with E-state index in [0.717, 1.165) is 18.2 Å². The van der Waals surface area contributed by atoms with E-state index in [1.807, 2.05) is 0 Å². The third-order valence-corrected chi connectivity index (χ3v) is 3.98. The Kier molecular flexibility index (Phi) is 3.25. The lowest BCUT2D eigenvalue weighted by atomic mass is 10.1. The van der Waals surface area contributed by atoms with Gasteiger partial charge >= 0.3 is 5.69 Å². The number of hydrogen-bond donors (Lipinski definition) is 1. The van der Waals surface area contributed by atoms with Gasteiger partial charge in [0.25, 0.3) is 0 Å². The molecule has 0 bridgehead atoms. The first kappa shape index (κ1) is 12.8. The number of anilines is 1. The van der Waals surface area contributed by atoms with Crippen molar-refractivity contribution in [3.05, 3.63) is 22.2 Å². The largest absolute Gasteiger partial charge is 0.383 e. The molecule has 1 N–H and O–H groups in total. The predicted molar refractivity (Wildman–Crippen MR) is 73.5 cm³/mol. The van der Waals surface area contributed by atoms with Gasteiger partial charge in [-0.25, -0.2) is 4.63 Å². The molecule has 7 nitrogen and oxygen atoms in total. The number of non-ortho nitro benzene ring substituents is 1. The first-order valence-corrected chi connectivity index (χ1v) is 6.78. The van der Waals surface area contributed by atoms with E-state index in [1.54, 1.807) is 6.07 Å². The van der Waals surface area contributed by atoms with Gasteiger partial charge in [0, 0.05) is 12.6 Å². The molecule has 20 heavy (non-hydrogen) atoms. The Labute approximate surface area is 115 Å². The average Bonchev–Trinajstić information content (AvgIpc) is 3.04. The molecule has 1 fully saturated rings. The van der Waals surface area contributed by atoms with Gasteiger partial charge in [0.15, 0.2) is 5.52 Å². The standard InChI is InChI=1S/C13H16N4O3/c1-8-2-3-9(6-8)7-14-10-4-5-11(17(18)19)13-12(10)15-20-16-13/h4-5,8-9,14H,2-3,6-7H2,1H3. The first-order valence-electron chi connectivity index (χ1n) is 6.78. The first-order chi connectivity index (χ1) is 9.65. The zero-order chi connectivity index (χ0) is 14.1. The van der Waals surface area contributed by atoms with Crippen LogP contribution in [-0.4, -0.2) is 21.8 Å². The summed E-state index contributed by atoms with van der Waals surface area (Å²) < 4.78 is 4.64. The van der Waals surface area contributed by atoms with Gasteiger partial charge in [0.05, 0.1) is 10.6 Å². The second-order valence-electron chi connectivity index (χ2n) is 5.52. The Balaban J connectivity index is 1.80. The molecular formula is C13H16N4O3. The molecule has 1 aromatic carbocycles. The highest BCUT2D eigenvalue weighted by atomic mass is 16.6. The summed E-state index contributed by atoms with van der Waals surface area (Å²) in [6.45, 7) is 3.12. The fourth-order valence-corrected chi connectivity index (χ4v) is 2.91. The molecule has 1 saturated carbocycles. The van der Waals surface area contributed by atoms with E-state index in [9.17, 15) is 10.1 Å². The van der Waals surface area contributed by atoms with E-state index in [2.05, 4.69) is 27.2 Å². The average molecular weight is 276 g/mol. The van der Waals surface area contributed by atoms with Crippen molar-refractivity contribution in [2.45, 2.75) is 26.2 Å². The number of benzene rings is 1. The van der Waals surface area contributed by atoms with Crippen molar-refractivity contribution in [2.75, 3.05) is 11.9 Å². The normalized spacial score (nSPS) is 22.2. The van der Waals surface area contributed by atoms with E-state index < -0.39 is 4.92 Å². The Morgan fingerprint density at radius 2 is 2.20 bits per heavy atom. The maximum Gasteiger partial charge on any atom is 0.300 e.